The highest BCUT2D eigenvalue weighted by atomic mass is 16.1. The lowest BCUT2D eigenvalue weighted by Crippen LogP contribution is -2.24. The topological polar surface area (TPSA) is 59.8 Å². The van der Waals surface area contributed by atoms with E-state index >= 15 is 0 Å². The normalized spacial score (nSPS) is 10.5. The highest BCUT2D eigenvalue weighted by Gasteiger charge is 2.05. The fourth-order valence-electron chi connectivity index (χ4n) is 1.97. The largest absolute Gasteiger partial charge is 0.370 e. The number of aromatic nitrogens is 3. The van der Waals surface area contributed by atoms with Crippen LogP contribution in [0.15, 0.2) is 29.1 Å². The third kappa shape index (κ3) is 3.19. The molecule has 100 valence electrons. The molecule has 0 unspecified atom stereocenters. The number of anilines is 1. The summed E-state index contributed by atoms with van der Waals surface area (Å²) in [5.41, 5.74) is 1.54. The standard InChI is InChI=1S/C14H18N4O/c1-4-15-13-7-5-6-12(17-13)9-18-11(3)16-10(2)8-14(18)19/h5-8H,4,9H2,1-3H3,(H,15,17). The predicted octanol–water partition coefficient (Wildman–Crippen LogP) is 1.74. The fourth-order valence-corrected chi connectivity index (χ4v) is 1.97. The molecular formula is C14H18N4O. The molecule has 0 saturated carbocycles. The van der Waals surface area contributed by atoms with Crippen LogP contribution in [-0.2, 0) is 6.54 Å². The Morgan fingerprint density at radius 3 is 2.74 bits per heavy atom. The molecule has 0 aliphatic rings. The van der Waals surface area contributed by atoms with Gasteiger partial charge in [-0.15, -0.1) is 0 Å². The second-order valence-corrected chi connectivity index (χ2v) is 4.41. The van der Waals surface area contributed by atoms with Crippen molar-refractivity contribution >= 4 is 5.82 Å². The summed E-state index contributed by atoms with van der Waals surface area (Å²) in [5, 5.41) is 3.16. The van der Waals surface area contributed by atoms with Crippen molar-refractivity contribution in [3.63, 3.8) is 0 Å². The third-order valence-corrected chi connectivity index (χ3v) is 2.81. The minimum atomic E-state index is -0.0411. The lowest BCUT2D eigenvalue weighted by Gasteiger charge is -2.10. The van der Waals surface area contributed by atoms with Crippen molar-refractivity contribution in [2.45, 2.75) is 27.3 Å². The first-order valence-corrected chi connectivity index (χ1v) is 6.35. The second-order valence-electron chi connectivity index (χ2n) is 4.41. The Kier molecular flexibility index (Phi) is 3.94. The van der Waals surface area contributed by atoms with Crippen LogP contribution < -0.4 is 10.9 Å². The molecule has 0 atom stereocenters. The van der Waals surface area contributed by atoms with E-state index in [2.05, 4.69) is 15.3 Å². The van der Waals surface area contributed by atoms with Crippen molar-refractivity contribution in [3.05, 3.63) is 51.8 Å². The molecular weight excluding hydrogens is 240 g/mol. The lowest BCUT2D eigenvalue weighted by atomic mass is 10.3. The maximum atomic E-state index is 12.0. The van der Waals surface area contributed by atoms with Gasteiger partial charge >= 0.3 is 0 Å². The van der Waals surface area contributed by atoms with Crippen LogP contribution in [0, 0.1) is 13.8 Å². The van der Waals surface area contributed by atoms with Gasteiger partial charge in [-0.05, 0) is 32.9 Å². The average Bonchev–Trinajstić information content (AvgIpc) is 2.35. The molecule has 0 saturated heterocycles. The molecule has 0 aromatic carbocycles. The van der Waals surface area contributed by atoms with Gasteiger partial charge in [-0.2, -0.15) is 0 Å². The number of aryl methyl sites for hydroxylation is 2. The molecule has 0 amide bonds. The fraction of sp³-hybridized carbons (Fsp3) is 0.357. The average molecular weight is 258 g/mol. The zero-order valence-electron chi connectivity index (χ0n) is 11.5. The van der Waals surface area contributed by atoms with Gasteiger partial charge in [0.1, 0.15) is 11.6 Å². The van der Waals surface area contributed by atoms with Crippen LogP contribution in [0.4, 0.5) is 5.82 Å². The Morgan fingerprint density at radius 2 is 2.05 bits per heavy atom. The quantitative estimate of drug-likeness (QED) is 0.907. The van der Waals surface area contributed by atoms with Crippen molar-refractivity contribution in [1.82, 2.24) is 14.5 Å². The molecule has 0 aliphatic carbocycles. The minimum Gasteiger partial charge on any atom is -0.370 e. The summed E-state index contributed by atoms with van der Waals surface area (Å²) in [6.07, 6.45) is 0. The number of pyridine rings is 1. The molecule has 19 heavy (non-hydrogen) atoms. The minimum absolute atomic E-state index is 0.0411. The summed E-state index contributed by atoms with van der Waals surface area (Å²) in [6, 6.07) is 7.30. The molecule has 2 aromatic heterocycles. The molecule has 2 heterocycles. The maximum Gasteiger partial charge on any atom is 0.254 e. The Morgan fingerprint density at radius 1 is 1.26 bits per heavy atom. The second kappa shape index (κ2) is 5.65. The summed E-state index contributed by atoms with van der Waals surface area (Å²) in [7, 11) is 0. The number of nitrogens with zero attached hydrogens (tertiary/aromatic N) is 3. The van der Waals surface area contributed by atoms with Crippen molar-refractivity contribution in [2.75, 3.05) is 11.9 Å². The Balaban J connectivity index is 2.31. The van der Waals surface area contributed by atoms with E-state index in [1.54, 1.807) is 10.6 Å². The number of hydrogen-bond donors (Lipinski definition) is 1. The summed E-state index contributed by atoms with van der Waals surface area (Å²) >= 11 is 0. The summed E-state index contributed by atoms with van der Waals surface area (Å²) < 4.78 is 1.63. The summed E-state index contributed by atoms with van der Waals surface area (Å²) in [6.45, 7) is 6.94. The molecule has 5 heteroatoms. The van der Waals surface area contributed by atoms with E-state index in [-0.39, 0.29) is 5.56 Å². The van der Waals surface area contributed by atoms with E-state index in [4.69, 9.17) is 0 Å². The van der Waals surface area contributed by atoms with Crippen LogP contribution in [0.3, 0.4) is 0 Å². The summed E-state index contributed by atoms with van der Waals surface area (Å²) in [5.74, 6) is 1.53. The molecule has 5 nitrogen and oxygen atoms in total. The van der Waals surface area contributed by atoms with Crippen molar-refractivity contribution in [3.8, 4) is 0 Å². The first-order valence-electron chi connectivity index (χ1n) is 6.35. The molecule has 0 radical (unpaired) electrons. The van der Waals surface area contributed by atoms with Gasteiger partial charge < -0.3 is 5.32 Å². The van der Waals surface area contributed by atoms with E-state index in [9.17, 15) is 4.79 Å². The highest BCUT2D eigenvalue weighted by Crippen LogP contribution is 2.06. The number of rotatable bonds is 4. The van der Waals surface area contributed by atoms with E-state index in [1.807, 2.05) is 39.0 Å². The maximum absolute atomic E-state index is 12.0. The molecule has 0 bridgehead atoms. The van der Waals surface area contributed by atoms with E-state index < -0.39 is 0 Å². The zero-order chi connectivity index (χ0) is 13.8. The molecule has 0 aliphatic heterocycles. The molecule has 2 rings (SSSR count). The smallest absolute Gasteiger partial charge is 0.254 e. The van der Waals surface area contributed by atoms with Gasteiger partial charge in [-0.3, -0.25) is 9.36 Å². The first-order chi connectivity index (χ1) is 9.10. The highest BCUT2D eigenvalue weighted by molar-refractivity contribution is 5.35. The molecule has 1 N–H and O–H groups in total. The van der Waals surface area contributed by atoms with Crippen LogP contribution >= 0.6 is 0 Å². The molecule has 0 spiro atoms. The van der Waals surface area contributed by atoms with Gasteiger partial charge in [-0.1, -0.05) is 6.07 Å². The number of hydrogen-bond acceptors (Lipinski definition) is 4. The number of nitrogens with one attached hydrogen (secondary N) is 1. The van der Waals surface area contributed by atoms with Gasteiger partial charge in [0.2, 0.25) is 0 Å². The van der Waals surface area contributed by atoms with Crippen molar-refractivity contribution in [2.24, 2.45) is 0 Å². The van der Waals surface area contributed by atoms with Gasteiger partial charge in [0.25, 0.3) is 5.56 Å². The van der Waals surface area contributed by atoms with E-state index in [1.165, 1.54) is 0 Å². The van der Waals surface area contributed by atoms with E-state index in [0.29, 0.717) is 12.4 Å². The monoisotopic (exact) mass is 258 g/mol. The lowest BCUT2D eigenvalue weighted by molar-refractivity contribution is 0.681. The SMILES string of the molecule is CCNc1cccc(Cn2c(C)nc(C)cc2=O)n1. The van der Waals surface area contributed by atoms with Crippen LogP contribution in [0.5, 0.6) is 0 Å². The van der Waals surface area contributed by atoms with Crippen molar-refractivity contribution < 1.29 is 0 Å². The van der Waals surface area contributed by atoms with Gasteiger partial charge in [0.05, 0.1) is 12.2 Å². The van der Waals surface area contributed by atoms with Gasteiger partial charge in [0.15, 0.2) is 0 Å². The molecule has 0 fully saturated rings. The third-order valence-electron chi connectivity index (χ3n) is 2.81. The van der Waals surface area contributed by atoms with Crippen LogP contribution in [0.1, 0.15) is 24.1 Å². The Hall–Kier alpha value is -2.17. The van der Waals surface area contributed by atoms with Crippen LogP contribution in [0.2, 0.25) is 0 Å². The Labute approximate surface area is 112 Å². The van der Waals surface area contributed by atoms with Crippen LogP contribution in [0.25, 0.3) is 0 Å². The Bertz CT molecular complexity index is 634. The van der Waals surface area contributed by atoms with Crippen molar-refractivity contribution in [1.29, 1.82) is 0 Å². The predicted molar refractivity (Wildman–Crippen MR) is 75.5 cm³/mol. The summed E-state index contributed by atoms with van der Waals surface area (Å²) in [4.78, 5) is 20.7. The first kappa shape index (κ1) is 13.3. The van der Waals surface area contributed by atoms with Gasteiger partial charge in [0, 0.05) is 18.3 Å². The van der Waals surface area contributed by atoms with E-state index in [0.717, 1.165) is 23.8 Å². The van der Waals surface area contributed by atoms with Gasteiger partial charge in [-0.25, -0.2) is 9.97 Å². The van der Waals surface area contributed by atoms with Crippen LogP contribution in [-0.4, -0.2) is 21.1 Å². The zero-order valence-corrected chi connectivity index (χ0v) is 11.5. The molecule has 2 aromatic rings.